The van der Waals surface area contributed by atoms with Crippen molar-refractivity contribution in [1.82, 2.24) is 10.2 Å². The lowest BCUT2D eigenvalue weighted by Gasteiger charge is -2.19. The van der Waals surface area contributed by atoms with E-state index in [0.717, 1.165) is 26.7 Å². The number of thioether (sulfide) groups is 1. The summed E-state index contributed by atoms with van der Waals surface area (Å²) in [5, 5.41) is 12.4. The van der Waals surface area contributed by atoms with Crippen LogP contribution in [0.3, 0.4) is 0 Å². The number of carbonyl (C=O) groups excluding carboxylic acids is 2. The fourth-order valence-electron chi connectivity index (χ4n) is 3.36. The number of aryl methyl sites for hydroxylation is 2. The second-order valence-electron chi connectivity index (χ2n) is 7.29. The highest BCUT2D eigenvalue weighted by Gasteiger charge is 2.36. The minimum absolute atomic E-state index is 0.0268. The Kier molecular flexibility index (Phi) is 6.15. The molecule has 2 amide bonds. The Bertz CT molecular complexity index is 1070. The monoisotopic (exact) mass is 438 g/mol. The predicted molar refractivity (Wildman–Crippen MR) is 121 cm³/mol. The highest BCUT2D eigenvalue weighted by atomic mass is 32.2. The zero-order chi connectivity index (χ0) is 21.1. The fourth-order valence-corrected chi connectivity index (χ4v) is 5.01. The first-order valence-electron chi connectivity index (χ1n) is 9.68. The third-order valence-electron chi connectivity index (χ3n) is 4.95. The van der Waals surface area contributed by atoms with Crippen LogP contribution >= 0.6 is 23.1 Å². The summed E-state index contributed by atoms with van der Waals surface area (Å²) >= 11 is 3.04. The molecule has 8 heteroatoms. The van der Waals surface area contributed by atoms with Crippen LogP contribution in [-0.4, -0.2) is 28.6 Å². The minimum Gasteiger partial charge on any atom is -0.311 e. The van der Waals surface area contributed by atoms with Crippen molar-refractivity contribution in [3.63, 3.8) is 0 Å². The normalized spacial score (nSPS) is 16.1. The van der Waals surface area contributed by atoms with Gasteiger partial charge in [0.2, 0.25) is 16.9 Å². The van der Waals surface area contributed by atoms with Crippen LogP contribution in [-0.2, 0) is 15.3 Å². The van der Waals surface area contributed by atoms with Gasteiger partial charge in [0.1, 0.15) is 5.01 Å². The average molecular weight is 439 g/mol. The molecular weight excluding hydrogens is 416 g/mol. The van der Waals surface area contributed by atoms with Crippen LogP contribution < -0.4 is 10.2 Å². The van der Waals surface area contributed by atoms with E-state index in [4.69, 9.17) is 0 Å². The number of aromatic nitrogens is 2. The molecule has 0 spiro atoms. The van der Waals surface area contributed by atoms with E-state index in [2.05, 4.69) is 15.5 Å². The molecule has 154 valence electrons. The maximum atomic E-state index is 12.7. The average Bonchev–Trinajstić information content (AvgIpc) is 3.35. The summed E-state index contributed by atoms with van der Waals surface area (Å²) in [5.74, 6) is 0.0824. The van der Waals surface area contributed by atoms with Gasteiger partial charge < -0.3 is 10.2 Å². The van der Waals surface area contributed by atoms with Crippen LogP contribution in [0.4, 0.5) is 10.8 Å². The maximum Gasteiger partial charge on any atom is 0.231 e. The smallest absolute Gasteiger partial charge is 0.231 e. The molecule has 0 aliphatic carbocycles. The molecule has 30 heavy (non-hydrogen) atoms. The van der Waals surface area contributed by atoms with E-state index in [1.54, 1.807) is 16.7 Å². The molecule has 6 nitrogen and oxygen atoms in total. The summed E-state index contributed by atoms with van der Waals surface area (Å²) in [5.41, 5.74) is 3.00. The van der Waals surface area contributed by atoms with Gasteiger partial charge in [-0.2, -0.15) is 0 Å². The Balaban J connectivity index is 1.36. The lowest BCUT2D eigenvalue weighted by atomic mass is 10.1. The van der Waals surface area contributed by atoms with Crippen molar-refractivity contribution in [1.29, 1.82) is 0 Å². The molecule has 2 aromatic carbocycles. The van der Waals surface area contributed by atoms with Gasteiger partial charge in [-0.15, -0.1) is 22.0 Å². The standard InChI is InChI=1S/C22H22N4O2S2/c1-14-8-9-15(2)18(10-14)26-12-16(11-20(26)27)21(28)23-22-25-24-19(30-22)13-29-17-6-4-3-5-7-17/h3-10,16H,11-13H2,1-2H3,(H,23,25,28). The molecule has 1 fully saturated rings. The number of anilines is 2. The van der Waals surface area contributed by atoms with Gasteiger partial charge in [0.15, 0.2) is 0 Å². The number of hydrogen-bond acceptors (Lipinski definition) is 6. The highest BCUT2D eigenvalue weighted by Crippen LogP contribution is 2.30. The Hall–Kier alpha value is -2.71. The lowest BCUT2D eigenvalue weighted by Crippen LogP contribution is -2.28. The van der Waals surface area contributed by atoms with E-state index in [0.29, 0.717) is 17.4 Å². The Labute approximate surface area is 183 Å². The number of hydrogen-bond donors (Lipinski definition) is 1. The quantitative estimate of drug-likeness (QED) is 0.576. The molecule has 1 unspecified atom stereocenters. The molecule has 2 heterocycles. The summed E-state index contributed by atoms with van der Waals surface area (Å²) in [6.07, 6.45) is 0.203. The second-order valence-corrected chi connectivity index (χ2v) is 9.40. The first-order valence-corrected chi connectivity index (χ1v) is 11.5. The zero-order valence-corrected chi connectivity index (χ0v) is 18.4. The third-order valence-corrected chi connectivity index (χ3v) is 7.00. The van der Waals surface area contributed by atoms with E-state index in [9.17, 15) is 9.59 Å². The van der Waals surface area contributed by atoms with Crippen LogP contribution in [0.5, 0.6) is 0 Å². The van der Waals surface area contributed by atoms with Gasteiger partial charge in [-0.1, -0.05) is 41.7 Å². The van der Waals surface area contributed by atoms with Crippen LogP contribution in [0, 0.1) is 19.8 Å². The maximum absolute atomic E-state index is 12.7. The van der Waals surface area contributed by atoms with Crippen LogP contribution in [0.15, 0.2) is 53.4 Å². The number of carbonyl (C=O) groups is 2. The van der Waals surface area contributed by atoms with Gasteiger partial charge in [-0.25, -0.2) is 0 Å². The van der Waals surface area contributed by atoms with Crippen molar-refractivity contribution in [2.45, 2.75) is 30.9 Å². The van der Waals surface area contributed by atoms with Crippen molar-refractivity contribution >= 4 is 45.7 Å². The van der Waals surface area contributed by atoms with E-state index in [1.807, 2.05) is 62.4 Å². The highest BCUT2D eigenvalue weighted by molar-refractivity contribution is 7.98. The van der Waals surface area contributed by atoms with E-state index < -0.39 is 5.92 Å². The Morgan fingerprint density at radius 1 is 1.20 bits per heavy atom. The first kappa shape index (κ1) is 20.6. The lowest BCUT2D eigenvalue weighted by molar-refractivity contribution is -0.122. The zero-order valence-electron chi connectivity index (χ0n) is 16.8. The van der Waals surface area contributed by atoms with E-state index >= 15 is 0 Å². The molecule has 3 aromatic rings. The summed E-state index contributed by atoms with van der Waals surface area (Å²) in [6, 6.07) is 16.1. The van der Waals surface area contributed by atoms with Gasteiger partial charge in [0.25, 0.3) is 0 Å². The molecule has 1 aromatic heterocycles. The largest absolute Gasteiger partial charge is 0.311 e. The molecule has 1 aliphatic rings. The number of amides is 2. The van der Waals surface area contributed by atoms with Gasteiger partial charge in [0.05, 0.1) is 11.7 Å². The molecule has 0 radical (unpaired) electrons. The van der Waals surface area contributed by atoms with Crippen molar-refractivity contribution in [3.05, 3.63) is 64.7 Å². The van der Waals surface area contributed by atoms with Gasteiger partial charge in [0, 0.05) is 23.5 Å². The van der Waals surface area contributed by atoms with Gasteiger partial charge in [-0.05, 0) is 43.2 Å². The van der Waals surface area contributed by atoms with E-state index in [-0.39, 0.29) is 18.2 Å². The van der Waals surface area contributed by atoms with Crippen LogP contribution in [0.25, 0.3) is 0 Å². The molecule has 1 aliphatic heterocycles. The topological polar surface area (TPSA) is 75.2 Å². The molecule has 1 atom stereocenters. The second kappa shape index (κ2) is 8.97. The van der Waals surface area contributed by atoms with Crippen molar-refractivity contribution in [2.75, 3.05) is 16.8 Å². The number of benzene rings is 2. The predicted octanol–water partition coefficient (Wildman–Crippen LogP) is 4.44. The summed E-state index contributed by atoms with van der Waals surface area (Å²) < 4.78 is 0. The fraction of sp³-hybridized carbons (Fsp3) is 0.273. The van der Waals surface area contributed by atoms with Gasteiger partial charge >= 0.3 is 0 Å². The van der Waals surface area contributed by atoms with Crippen LogP contribution in [0.2, 0.25) is 0 Å². The van der Waals surface area contributed by atoms with Crippen molar-refractivity contribution in [2.24, 2.45) is 5.92 Å². The molecule has 1 N–H and O–H groups in total. The number of nitrogens with one attached hydrogen (secondary N) is 1. The third kappa shape index (κ3) is 4.71. The molecule has 1 saturated heterocycles. The molecular formula is C22H22N4O2S2. The van der Waals surface area contributed by atoms with Crippen molar-refractivity contribution < 1.29 is 9.59 Å². The van der Waals surface area contributed by atoms with Crippen molar-refractivity contribution in [3.8, 4) is 0 Å². The Morgan fingerprint density at radius 2 is 2.00 bits per heavy atom. The number of rotatable bonds is 6. The molecule has 4 rings (SSSR count). The Morgan fingerprint density at radius 3 is 2.80 bits per heavy atom. The minimum atomic E-state index is -0.400. The summed E-state index contributed by atoms with van der Waals surface area (Å²) in [4.78, 5) is 28.1. The number of nitrogens with zero attached hydrogens (tertiary/aromatic N) is 3. The SMILES string of the molecule is Cc1ccc(C)c(N2CC(C(=O)Nc3nnc(CSc4ccccc4)s3)CC2=O)c1. The van der Waals surface area contributed by atoms with Crippen LogP contribution in [0.1, 0.15) is 22.6 Å². The first-order chi connectivity index (χ1) is 14.5. The van der Waals surface area contributed by atoms with Gasteiger partial charge in [-0.3, -0.25) is 9.59 Å². The summed E-state index contributed by atoms with van der Waals surface area (Å²) in [7, 11) is 0. The van der Waals surface area contributed by atoms with E-state index in [1.165, 1.54) is 11.3 Å². The molecule has 0 bridgehead atoms. The summed E-state index contributed by atoms with van der Waals surface area (Å²) in [6.45, 7) is 4.35. The molecule has 0 saturated carbocycles.